The first-order valence-electron chi connectivity index (χ1n) is 5.96. The van der Waals surface area contributed by atoms with Crippen LogP contribution in [0.4, 0.5) is 0 Å². The van der Waals surface area contributed by atoms with Gasteiger partial charge in [-0.1, -0.05) is 12.6 Å². The van der Waals surface area contributed by atoms with E-state index in [0.717, 1.165) is 11.1 Å². The summed E-state index contributed by atoms with van der Waals surface area (Å²) in [7, 11) is 0. The van der Waals surface area contributed by atoms with E-state index in [1.807, 2.05) is 19.9 Å². The van der Waals surface area contributed by atoms with Crippen LogP contribution in [0.1, 0.15) is 28.5 Å². The zero-order valence-electron chi connectivity index (χ0n) is 11.4. The monoisotopic (exact) mass is 262 g/mol. The molecule has 1 heterocycles. The summed E-state index contributed by atoms with van der Waals surface area (Å²) in [5.41, 5.74) is 2.54. The number of rotatable bonds is 5. The zero-order valence-corrected chi connectivity index (χ0v) is 11.4. The van der Waals surface area contributed by atoms with Gasteiger partial charge in [0.2, 0.25) is 0 Å². The number of nitrogens with zero attached hydrogens (tertiary/aromatic N) is 1. The van der Waals surface area contributed by atoms with Crippen molar-refractivity contribution in [1.82, 2.24) is 10.3 Å². The topological polar surface area (TPSA) is 68.3 Å². The number of hydrogen-bond acceptors (Lipinski definition) is 4. The van der Waals surface area contributed by atoms with Gasteiger partial charge in [0.1, 0.15) is 12.3 Å². The molecule has 0 atom stereocenters. The molecule has 19 heavy (non-hydrogen) atoms. The highest BCUT2D eigenvalue weighted by Crippen LogP contribution is 2.06. The number of pyridine rings is 1. The molecule has 0 saturated carbocycles. The highest BCUT2D eigenvalue weighted by molar-refractivity contribution is 5.93. The van der Waals surface area contributed by atoms with Crippen molar-refractivity contribution >= 4 is 11.9 Å². The Bertz CT molecular complexity index is 509. The summed E-state index contributed by atoms with van der Waals surface area (Å²) < 4.78 is 4.87. The van der Waals surface area contributed by atoms with Crippen molar-refractivity contribution in [1.29, 1.82) is 0 Å². The number of carbonyl (C=O) groups excluding carboxylic acids is 2. The molecule has 0 aliphatic carbocycles. The van der Waals surface area contributed by atoms with Crippen molar-refractivity contribution in [3.8, 4) is 0 Å². The predicted molar refractivity (Wildman–Crippen MR) is 71.8 cm³/mol. The average molecular weight is 262 g/mol. The van der Waals surface area contributed by atoms with E-state index in [1.54, 1.807) is 13.1 Å². The van der Waals surface area contributed by atoms with Crippen molar-refractivity contribution in [2.75, 3.05) is 13.2 Å². The first-order valence-corrected chi connectivity index (χ1v) is 5.96. The van der Waals surface area contributed by atoms with E-state index in [-0.39, 0.29) is 19.1 Å². The molecule has 0 aromatic carbocycles. The van der Waals surface area contributed by atoms with E-state index in [4.69, 9.17) is 4.74 Å². The smallest absolute Gasteiger partial charge is 0.333 e. The molecule has 5 nitrogen and oxygen atoms in total. The fourth-order valence-corrected chi connectivity index (χ4v) is 1.47. The van der Waals surface area contributed by atoms with Crippen molar-refractivity contribution in [3.63, 3.8) is 0 Å². The van der Waals surface area contributed by atoms with Gasteiger partial charge in [-0.3, -0.25) is 9.78 Å². The summed E-state index contributed by atoms with van der Waals surface area (Å²) in [5, 5.41) is 2.65. The van der Waals surface area contributed by atoms with Crippen LogP contribution in [0.15, 0.2) is 24.4 Å². The normalized spacial score (nSPS) is 9.84. The summed E-state index contributed by atoms with van der Waals surface area (Å²) in [6.07, 6.45) is 1.64. The molecule has 5 heteroatoms. The molecular formula is C14H18N2O3. The third-order valence-electron chi connectivity index (χ3n) is 2.40. The van der Waals surface area contributed by atoms with Crippen LogP contribution in [-0.4, -0.2) is 30.0 Å². The third kappa shape index (κ3) is 4.54. The highest BCUT2D eigenvalue weighted by atomic mass is 16.5. The van der Waals surface area contributed by atoms with Crippen LogP contribution >= 0.6 is 0 Å². The van der Waals surface area contributed by atoms with E-state index < -0.39 is 5.97 Å². The standard InChI is InChI=1S/C14H18N2O3/c1-9(2)14(18)19-6-5-15-13(17)12-11(4)7-10(3)8-16-12/h7-8H,1,5-6H2,2-4H3,(H,15,17). The Balaban J connectivity index is 2.43. The first-order chi connectivity index (χ1) is 8.91. The minimum Gasteiger partial charge on any atom is -0.460 e. The molecule has 0 unspecified atom stereocenters. The molecule has 102 valence electrons. The maximum Gasteiger partial charge on any atom is 0.333 e. The lowest BCUT2D eigenvalue weighted by molar-refractivity contribution is -0.138. The summed E-state index contributed by atoms with van der Waals surface area (Å²) in [6.45, 7) is 9.14. The van der Waals surface area contributed by atoms with E-state index in [9.17, 15) is 9.59 Å². The number of aryl methyl sites for hydroxylation is 2. The van der Waals surface area contributed by atoms with Crippen LogP contribution in [0.3, 0.4) is 0 Å². The lowest BCUT2D eigenvalue weighted by Gasteiger charge is -2.08. The van der Waals surface area contributed by atoms with Gasteiger partial charge in [-0.25, -0.2) is 4.79 Å². The van der Waals surface area contributed by atoms with Crippen LogP contribution in [0.2, 0.25) is 0 Å². The Labute approximate surface area is 112 Å². The summed E-state index contributed by atoms with van der Waals surface area (Å²) in [4.78, 5) is 27.0. The van der Waals surface area contributed by atoms with Gasteiger partial charge in [-0.2, -0.15) is 0 Å². The van der Waals surface area contributed by atoms with Gasteiger partial charge < -0.3 is 10.1 Å². The maximum atomic E-state index is 11.8. The second-order valence-corrected chi connectivity index (χ2v) is 4.35. The molecular weight excluding hydrogens is 244 g/mol. The van der Waals surface area contributed by atoms with Crippen molar-refractivity contribution in [2.24, 2.45) is 0 Å². The number of nitrogens with one attached hydrogen (secondary N) is 1. The molecule has 0 spiro atoms. The Morgan fingerprint density at radius 2 is 2.11 bits per heavy atom. The minimum atomic E-state index is -0.459. The minimum absolute atomic E-state index is 0.113. The lowest BCUT2D eigenvalue weighted by Crippen LogP contribution is -2.29. The van der Waals surface area contributed by atoms with Crippen LogP contribution in [0, 0.1) is 13.8 Å². The quantitative estimate of drug-likeness (QED) is 0.496. The van der Waals surface area contributed by atoms with Gasteiger partial charge in [-0.05, 0) is 31.9 Å². The molecule has 0 bridgehead atoms. The summed E-state index contributed by atoms with van der Waals surface area (Å²) >= 11 is 0. The van der Waals surface area contributed by atoms with Gasteiger partial charge in [0.05, 0.1) is 6.54 Å². The molecule has 1 aromatic heterocycles. The van der Waals surface area contributed by atoms with E-state index in [0.29, 0.717) is 11.3 Å². The summed E-state index contributed by atoms with van der Waals surface area (Å²) in [6, 6.07) is 1.89. The Morgan fingerprint density at radius 1 is 1.42 bits per heavy atom. The van der Waals surface area contributed by atoms with Crippen molar-refractivity contribution in [2.45, 2.75) is 20.8 Å². The molecule has 0 aliphatic rings. The van der Waals surface area contributed by atoms with Gasteiger partial charge in [-0.15, -0.1) is 0 Å². The molecule has 0 aliphatic heterocycles. The molecule has 0 fully saturated rings. The summed E-state index contributed by atoms with van der Waals surface area (Å²) in [5.74, 6) is -0.734. The second kappa shape index (κ2) is 6.68. The van der Waals surface area contributed by atoms with Crippen molar-refractivity contribution in [3.05, 3.63) is 41.2 Å². The third-order valence-corrected chi connectivity index (χ3v) is 2.40. The molecule has 0 radical (unpaired) electrons. The molecule has 1 rings (SSSR count). The SMILES string of the molecule is C=C(C)C(=O)OCCNC(=O)c1ncc(C)cc1C. The number of ether oxygens (including phenoxy) is 1. The van der Waals surface area contributed by atoms with E-state index >= 15 is 0 Å². The highest BCUT2D eigenvalue weighted by Gasteiger charge is 2.10. The Kier molecular flexibility index (Phi) is 5.23. The predicted octanol–water partition coefficient (Wildman–Crippen LogP) is 1.55. The zero-order chi connectivity index (χ0) is 14.4. The van der Waals surface area contributed by atoms with E-state index in [1.165, 1.54) is 0 Å². The second-order valence-electron chi connectivity index (χ2n) is 4.35. The molecule has 1 aromatic rings. The molecule has 1 amide bonds. The number of hydrogen-bond donors (Lipinski definition) is 1. The number of aromatic nitrogens is 1. The molecule has 1 N–H and O–H groups in total. The lowest BCUT2D eigenvalue weighted by atomic mass is 10.1. The fourth-order valence-electron chi connectivity index (χ4n) is 1.47. The van der Waals surface area contributed by atoms with Gasteiger partial charge in [0, 0.05) is 11.8 Å². The van der Waals surface area contributed by atoms with Crippen LogP contribution < -0.4 is 5.32 Å². The van der Waals surface area contributed by atoms with Crippen LogP contribution in [0.25, 0.3) is 0 Å². The van der Waals surface area contributed by atoms with Gasteiger partial charge >= 0.3 is 5.97 Å². The van der Waals surface area contributed by atoms with Crippen LogP contribution in [-0.2, 0) is 9.53 Å². The van der Waals surface area contributed by atoms with Crippen LogP contribution in [0.5, 0.6) is 0 Å². The Hall–Kier alpha value is -2.17. The average Bonchev–Trinajstić information content (AvgIpc) is 2.33. The van der Waals surface area contributed by atoms with E-state index in [2.05, 4.69) is 16.9 Å². The maximum absolute atomic E-state index is 11.8. The first kappa shape index (κ1) is 14.9. The van der Waals surface area contributed by atoms with Gasteiger partial charge in [0.15, 0.2) is 0 Å². The largest absolute Gasteiger partial charge is 0.460 e. The van der Waals surface area contributed by atoms with Gasteiger partial charge in [0.25, 0.3) is 5.91 Å². The Morgan fingerprint density at radius 3 is 2.68 bits per heavy atom. The number of carbonyl (C=O) groups is 2. The van der Waals surface area contributed by atoms with Crippen molar-refractivity contribution < 1.29 is 14.3 Å². The fraction of sp³-hybridized carbons (Fsp3) is 0.357. The number of esters is 1. The molecule has 0 saturated heterocycles. The number of amides is 1.